The SMILES string of the molecule is C=CCn1c(-c2sc(NC(=O)c3ccc(C#N)cc3)nc2C)n[nH]c1=S. The van der Waals surface area contributed by atoms with Crippen molar-refractivity contribution in [3.05, 3.63) is 58.5 Å². The second kappa shape index (κ2) is 7.43. The number of aromatic nitrogens is 4. The normalized spacial score (nSPS) is 10.3. The molecular formula is C17H14N6OS2. The molecule has 3 rings (SSSR count). The summed E-state index contributed by atoms with van der Waals surface area (Å²) in [7, 11) is 0. The number of amides is 1. The molecule has 0 unspecified atom stereocenters. The highest BCUT2D eigenvalue weighted by Gasteiger charge is 2.17. The molecule has 1 aromatic carbocycles. The Morgan fingerprint density at radius 3 is 2.88 bits per heavy atom. The highest BCUT2D eigenvalue weighted by molar-refractivity contribution is 7.71. The summed E-state index contributed by atoms with van der Waals surface area (Å²) in [5.74, 6) is 0.364. The van der Waals surface area contributed by atoms with E-state index in [9.17, 15) is 4.79 Å². The number of aryl methyl sites for hydroxylation is 1. The van der Waals surface area contributed by atoms with Crippen LogP contribution in [0.1, 0.15) is 21.6 Å². The molecule has 0 saturated heterocycles. The lowest BCUT2D eigenvalue weighted by Crippen LogP contribution is -2.11. The molecule has 0 aliphatic rings. The number of allylic oxidation sites excluding steroid dienone is 1. The number of nitrogens with one attached hydrogen (secondary N) is 2. The lowest BCUT2D eigenvalue weighted by molar-refractivity contribution is 0.102. The van der Waals surface area contributed by atoms with E-state index in [4.69, 9.17) is 17.5 Å². The molecule has 7 nitrogen and oxygen atoms in total. The third-order valence-electron chi connectivity index (χ3n) is 3.57. The number of aromatic amines is 1. The van der Waals surface area contributed by atoms with Crippen molar-refractivity contribution >= 4 is 34.6 Å². The summed E-state index contributed by atoms with van der Waals surface area (Å²) in [4.78, 5) is 17.6. The first-order valence-corrected chi connectivity index (χ1v) is 8.81. The third kappa shape index (κ3) is 3.46. The van der Waals surface area contributed by atoms with Gasteiger partial charge in [-0.3, -0.25) is 19.8 Å². The van der Waals surface area contributed by atoms with Crippen LogP contribution in [0.25, 0.3) is 10.7 Å². The molecule has 0 atom stereocenters. The Labute approximate surface area is 158 Å². The zero-order chi connectivity index (χ0) is 18.7. The van der Waals surface area contributed by atoms with Crippen molar-refractivity contribution in [2.24, 2.45) is 0 Å². The molecule has 0 fully saturated rings. The van der Waals surface area contributed by atoms with Crippen LogP contribution in [0, 0.1) is 23.0 Å². The molecule has 0 aliphatic carbocycles. The van der Waals surface area contributed by atoms with Crippen LogP contribution in [0.3, 0.4) is 0 Å². The van der Waals surface area contributed by atoms with E-state index in [0.29, 0.717) is 33.4 Å². The molecule has 26 heavy (non-hydrogen) atoms. The number of thiazole rings is 1. The fourth-order valence-electron chi connectivity index (χ4n) is 2.31. The number of nitrogens with zero attached hydrogens (tertiary/aromatic N) is 4. The molecule has 2 N–H and O–H groups in total. The molecule has 1 amide bonds. The van der Waals surface area contributed by atoms with Crippen molar-refractivity contribution in [2.75, 3.05) is 5.32 Å². The van der Waals surface area contributed by atoms with Gasteiger partial charge < -0.3 is 0 Å². The topological polar surface area (TPSA) is 99.4 Å². The molecule has 2 heterocycles. The molecule has 9 heteroatoms. The maximum absolute atomic E-state index is 12.4. The second-order valence-corrected chi connectivity index (χ2v) is 6.71. The molecule has 0 spiro atoms. The zero-order valence-electron chi connectivity index (χ0n) is 13.8. The highest BCUT2D eigenvalue weighted by atomic mass is 32.1. The van der Waals surface area contributed by atoms with Gasteiger partial charge in [0.25, 0.3) is 5.91 Å². The second-order valence-electron chi connectivity index (χ2n) is 5.33. The van der Waals surface area contributed by atoms with E-state index in [1.807, 2.05) is 17.6 Å². The Morgan fingerprint density at radius 2 is 2.23 bits per heavy atom. The Kier molecular flexibility index (Phi) is 5.06. The Balaban J connectivity index is 1.86. The fraction of sp³-hybridized carbons (Fsp3) is 0.118. The van der Waals surface area contributed by atoms with Gasteiger partial charge in [-0.05, 0) is 43.4 Å². The number of carbonyl (C=O) groups is 1. The first-order chi connectivity index (χ1) is 12.5. The summed E-state index contributed by atoms with van der Waals surface area (Å²) < 4.78 is 2.31. The summed E-state index contributed by atoms with van der Waals surface area (Å²) >= 11 is 6.55. The molecule has 130 valence electrons. The van der Waals surface area contributed by atoms with Crippen LogP contribution in [0.5, 0.6) is 0 Å². The summed E-state index contributed by atoms with van der Waals surface area (Å²) in [5.41, 5.74) is 1.69. The molecule has 0 radical (unpaired) electrons. The third-order valence-corrected chi connectivity index (χ3v) is 4.95. The summed E-state index contributed by atoms with van der Waals surface area (Å²) in [6.45, 7) is 6.10. The lowest BCUT2D eigenvalue weighted by atomic mass is 10.1. The van der Waals surface area contributed by atoms with Crippen molar-refractivity contribution < 1.29 is 4.79 Å². The fourth-order valence-corrected chi connectivity index (χ4v) is 3.48. The van der Waals surface area contributed by atoms with E-state index in [1.165, 1.54) is 11.3 Å². The quantitative estimate of drug-likeness (QED) is 0.518. The summed E-state index contributed by atoms with van der Waals surface area (Å²) in [6.07, 6.45) is 1.73. The van der Waals surface area contributed by atoms with Crippen LogP contribution in [0.2, 0.25) is 0 Å². The van der Waals surface area contributed by atoms with E-state index < -0.39 is 0 Å². The van der Waals surface area contributed by atoms with Gasteiger partial charge in [0.2, 0.25) is 0 Å². The molecule has 0 bridgehead atoms. The van der Waals surface area contributed by atoms with Crippen LogP contribution in [-0.4, -0.2) is 25.7 Å². The molecular weight excluding hydrogens is 368 g/mol. The minimum atomic E-state index is -0.292. The highest BCUT2D eigenvalue weighted by Crippen LogP contribution is 2.31. The average molecular weight is 382 g/mol. The average Bonchev–Trinajstić information content (AvgIpc) is 3.18. The minimum Gasteiger partial charge on any atom is -0.298 e. The van der Waals surface area contributed by atoms with Crippen molar-refractivity contribution in [1.82, 2.24) is 19.7 Å². The molecule has 0 aliphatic heterocycles. The molecule has 3 aromatic rings. The predicted octanol–water partition coefficient (Wildman–Crippen LogP) is 3.68. The number of nitriles is 1. The van der Waals surface area contributed by atoms with Gasteiger partial charge in [-0.2, -0.15) is 10.4 Å². The van der Waals surface area contributed by atoms with Gasteiger partial charge in [0, 0.05) is 12.1 Å². The van der Waals surface area contributed by atoms with Crippen molar-refractivity contribution in [1.29, 1.82) is 5.26 Å². The van der Waals surface area contributed by atoms with Crippen LogP contribution < -0.4 is 5.32 Å². The van der Waals surface area contributed by atoms with E-state index in [-0.39, 0.29) is 5.91 Å². The lowest BCUT2D eigenvalue weighted by Gasteiger charge is -2.02. The van der Waals surface area contributed by atoms with Crippen LogP contribution in [-0.2, 0) is 6.54 Å². The van der Waals surface area contributed by atoms with Crippen LogP contribution in [0.4, 0.5) is 5.13 Å². The van der Waals surface area contributed by atoms with Gasteiger partial charge in [-0.15, -0.1) is 6.58 Å². The number of hydrogen-bond donors (Lipinski definition) is 2. The van der Waals surface area contributed by atoms with Gasteiger partial charge in [0.1, 0.15) is 0 Å². The number of H-pyrrole nitrogens is 1. The Bertz CT molecular complexity index is 1070. The van der Waals surface area contributed by atoms with Crippen LogP contribution >= 0.6 is 23.6 Å². The molecule has 0 saturated carbocycles. The maximum Gasteiger partial charge on any atom is 0.257 e. The van der Waals surface area contributed by atoms with Gasteiger partial charge in [-0.1, -0.05) is 17.4 Å². The summed E-state index contributed by atoms with van der Waals surface area (Å²) in [5, 5.41) is 19.1. The number of benzene rings is 1. The number of hydrogen-bond acceptors (Lipinski definition) is 6. The van der Waals surface area contributed by atoms with Gasteiger partial charge in [0.15, 0.2) is 15.7 Å². The van der Waals surface area contributed by atoms with Gasteiger partial charge >= 0.3 is 0 Å². The standard InChI is InChI=1S/C17H14N6OS2/c1-3-8-23-14(21-22-17(23)25)13-10(2)19-16(26-13)20-15(24)12-6-4-11(9-18)5-7-12/h3-7H,1,8H2,2H3,(H,22,25)(H,19,20,24). The van der Waals surface area contributed by atoms with E-state index >= 15 is 0 Å². The Hall–Kier alpha value is -3.09. The van der Waals surface area contributed by atoms with Crippen molar-refractivity contribution in [3.63, 3.8) is 0 Å². The Morgan fingerprint density at radius 1 is 1.50 bits per heavy atom. The van der Waals surface area contributed by atoms with Gasteiger partial charge in [-0.25, -0.2) is 4.98 Å². The maximum atomic E-state index is 12.4. The molecule has 2 aromatic heterocycles. The largest absolute Gasteiger partial charge is 0.298 e. The van der Waals surface area contributed by atoms with Crippen LogP contribution in [0.15, 0.2) is 36.9 Å². The van der Waals surface area contributed by atoms with Crippen molar-refractivity contribution in [2.45, 2.75) is 13.5 Å². The number of rotatable bonds is 5. The monoisotopic (exact) mass is 382 g/mol. The van der Waals surface area contributed by atoms with Gasteiger partial charge in [0.05, 0.1) is 22.2 Å². The number of anilines is 1. The number of carbonyl (C=O) groups excluding carboxylic acids is 1. The predicted molar refractivity (Wildman–Crippen MR) is 103 cm³/mol. The zero-order valence-corrected chi connectivity index (χ0v) is 15.4. The van der Waals surface area contributed by atoms with Crippen molar-refractivity contribution in [3.8, 4) is 16.8 Å². The van der Waals surface area contributed by atoms with E-state index in [0.717, 1.165) is 10.6 Å². The minimum absolute atomic E-state index is 0.292. The van der Waals surface area contributed by atoms with E-state index in [2.05, 4.69) is 27.1 Å². The first kappa shape index (κ1) is 17.7. The summed E-state index contributed by atoms with van der Waals surface area (Å²) in [6, 6.07) is 8.42. The van der Waals surface area contributed by atoms with E-state index in [1.54, 1.807) is 30.3 Å². The first-order valence-electron chi connectivity index (χ1n) is 7.59. The smallest absolute Gasteiger partial charge is 0.257 e.